The van der Waals surface area contributed by atoms with E-state index in [4.69, 9.17) is 0 Å². The van der Waals surface area contributed by atoms with E-state index >= 15 is 0 Å². The lowest BCUT2D eigenvalue weighted by Gasteiger charge is -2.34. The Kier molecular flexibility index (Phi) is 3.14. The maximum atomic E-state index is 10.6. The number of benzene rings is 1. The smallest absolute Gasteiger partial charge is 0.103 e. The summed E-state index contributed by atoms with van der Waals surface area (Å²) in [5.74, 6) is 0. The second kappa shape index (κ2) is 4.24. The lowest BCUT2D eigenvalue weighted by atomic mass is 9.86. The number of piperidine rings is 1. The van der Waals surface area contributed by atoms with Crippen LogP contribution in [0.4, 0.5) is 0 Å². The van der Waals surface area contributed by atoms with Gasteiger partial charge in [-0.2, -0.15) is 0 Å². The van der Waals surface area contributed by atoms with E-state index in [0.29, 0.717) is 6.54 Å². The number of rotatable bonds is 1. The van der Waals surface area contributed by atoms with Gasteiger partial charge in [0, 0.05) is 11.0 Å². The molecule has 82 valence electrons. The summed E-state index contributed by atoms with van der Waals surface area (Å²) in [6.07, 6.45) is 1.86. The van der Waals surface area contributed by atoms with Crippen LogP contribution in [0.15, 0.2) is 22.7 Å². The fraction of sp³-hybridized carbons (Fsp3) is 0.500. The van der Waals surface area contributed by atoms with Crippen LogP contribution in [0.3, 0.4) is 0 Å². The van der Waals surface area contributed by atoms with Gasteiger partial charge in [-0.15, -0.1) is 0 Å². The summed E-state index contributed by atoms with van der Waals surface area (Å²) in [4.78, 5) is 0. The third-order valence-corrected chi connectivity index (χ3v) is 3.68. The number of nitrogens with one attached hydrogen (secondary N) is 1. The molecule has 2 rings (SSSR count). The van der Waals surface area contributed by atoms with Crippen molar-refractivity contribution in [3.63, 3.8) is 0 Å². The molecule has 15 heavy (non-hydrogen) atoms. The van der Waals surface area contributed by atoms with Gasteiger partial charge in [0.2, 0.25) is 0 Å². The van der Waals surface area contributed by atoms with E-state index in [1.807, 2.05) is 12.1 Å². The zero-order valence-electron chi connectivity index (χ0n) is 8.89. The largest absolute Gasteiger partial charge is 0.384 e. The summed E-state index contributed by atoms with van der Waals surface area (Å²) in [6.45, 7) is 3.70. The number of aliphatic hydroxyl groups is 1. The predicted molar refractivity (Wildman–Crippen MR) is 64.9 cm³/mol. The van der Waals surface area contributed by atoms with Gasteiger partial charge < -0.3 is 10.4 Å². The Morgan fingerprint density at radius 2 is 2.27 bits per heavy atom. The second-order valence-corrected chi connectivity index (χ2v) is 5.15. The maximum Gasteiger partial charge on any atom is 0.103 e. The minimum Gasteiger partial charge on any atom is -0.384 e. The van der Waals surface area contributed by atoms with Crippen LogP contribution in [-0.4, -0.2) is 18.2 Å². The van der Waals surface area contributed by atoms with E-state index in [1.54, 1.807) is 0 Å². The fourth-order valence-corrected chi connectivity index (χ4v) is 2.73. The van der Waals surface area contributed by atoms with Gasteiger partial charge in [0.15, 0.2) is 0 Å². The molecule has 0 radical (unpaired) electrons. The van der Waals surface area contributed by atoms with Crippen LogP contribution in [0.2, 0.25) is 0 Å². The number of aryl methyl sites for hydroxylation is 1. The van der Waals surface area contributed by atoms with Crippen LogP contribution in [-0.2, 0) is 5.60 Å². The highest BCUT2D eigenvalue weighted by Gasteiger charge is 2.32. The number of hydrogen-bond acceptors (Lipinski definition) is 2. The molecule has 2 N–H and O–H groups in total. The van der Waals surface area contributed by atoms with Gasteiger partial charge in [-0.3, -0.25) is 0 Å². The molecule has 1 saturated heterocycles. The van der Waals surface area contributed by atoms with Crippen LogP contribution in [0.5, 0.6) is 0 Å². The molecule has 0 amide bonds. The molecule has 0 aromatic heterocycles. The molecular weight excluding hydrogens is 254 g/mol. The highest BCUT2D eigenvalue weighted by molar-refractivity contribution is 9.10. The average molecular weight is 270 g/mol. The van der Waals surface area contributed by atoms with Gasteiger partial charge in [-0.1, -0.05) is 33.6 Å². The van der Waals surface area contributed by atoms with Crippen molar-refractivity contribution in [3.05, 3.63) is 33.8 Å². The highest BCUT2D eigenvalue weighted by atomic mass is 79.9. The molecule has 1 aliphatic heterocycles. The van der Waals surface area contributed by atoms with Crippen LogP contribution in [0.25, 0.3) is 0 Å². The molecular formula is C12H16BrNO. The molecule has 2 nitrogen and oxygen atoms in total. The SMILES string of the molecule is Cc1ccc(Br)c(C2(O)CCCNC2)c1. The van der Waals surface area contributed by atoms with Crippen molar-refractivity contribution in [1.29, 1.82) is 0 Å². The summed E-state index contributed by atoms with van der Waals surface area (Å²) in [6, 6.07) is 6.13. The lowest BCUT2D eigenvalue weighted by Crippen LogP contribution is -2.43. The third kappa shape index (κ3) is 2.25. The topological polar surface area (TPSA) is 32.3 Å². The molecule has 3 heteroatoms. The molecule has 1 aromatic rings. The van der Waals surface area contributed by atoms with Crippen LogP contribution in [0, 0.1) is 6.92 Å². The van der Waals surface area contributed by atoms with Gasteiger partial charge in [0.05, 0.1) is 0 Å². The first-order valence-electron chi connectivity index (χ1n) is 5.31. The number of β-amino-alcohol motifs (C(OH)–C–C–N with tert-alkyl or cyclic N) is 1. The van der Waals surface area contributed by atoms with Crippen molar-refractivity contribution in [2.45, 2.75) is 25.4 Å². The van der Waals surface area contributed by atoms with Gasteiger partial charge in [0.1, 0.15) is 5.60 Å². The first kappa shape index (κ1) is 11.1. The predicted octanol–water partition coefficient (Wildman–Crippen LogP) is 2.33. The molecule has 0 bridgehead atoms. The zero-order chi connectivity index (χ0) is 10.9. The summed E-state index contributed by atoms with van der Waals surface area (Å²) < 4.78 is 0.999. The Morgan fingerprint density at radius 1 is 1.47 bits per heavy atom. The molecule has 0 aliphatic carbocycles. The van der Waals surface area contributed by atoms with Gasteiger partial charge in [0.25, 0.3) is 0 Å². The minimum atomic E-state index is -0.705. The quantitative estimate of drug-likeness (QED) is 0.821. The standard InChI is InChI=1S/C12H16BrNO/c1-9-3-4-11(13)10(7-9)12(15)5-2-6-14-8-12/h3-4,7,14-15H,2,5-6,8H2,1H3. The van der Waals surface area contributed by atoms with Crippen LogP contribution in [0.1, 0.15) is 24.0 Å². The normalized spacial score (nSPS) is 26.6. The second-order valence-electron chi connectivity index (χ2n) is 4.30. The Labute approximate surface area is 98.8 Å². The van der Waals surface area contributed by atoms with Crippen LogP contribution >= 0.6 is 15.9 Å². The molecule has 0 saturated carbocycles. The molecule has 1 aromatic carbocycles. The minimum absolute atomic E-state index is 0.648. The van der Waals surface area contributed by atoms with Crippen molar-refractivity contribution in [2.24, 2.45) is 0 Å². The van der Waals surface area contributed by atoms with Crippen molar-refractivity contribution in [1.82, 2.24) is 5.32 Å². The van der Waals surface area contributed by atoms with Crippen molar-refractivity contribution >= 4 is 15.9 Å². The van der Waals surface area contributed by atoms with E-state index in [1.165, 1.54) is 5.56 Å². The molecule has 1 unspecified atom stereocenters. The third-order valence-electron chi connectivity index (χ3n) is 2.98. The average Bonchev–Trinajstić information content (AvgIpc) is 2.23. The van der Waals surface area contributed by atoms with Crippen molar-refractivity contribution in [2.75, 3.05) is 13.1 Å². The first-order chi connectivity index (χ1) is 7.12. The summed E-state index contributed by atoms with van der Waals surface area (Å²) >= 11 is 3.51. The van der Waals surface area contributed by atoms with Crippen LogP contribution < -0.4 is 5.32 Å². The Morgan fingerprint density at radius 3 is 2.93 bits per heavy atom. The Balaban J connectivity index is 2.38. The van der Waals surface area contributed by atoms with E-state index < -0.39 is 5.60 Å². The number of hydrogen-bond donors (Lipinski definition) is 2. The van der Waals surface area contributed by atoms with E-state index in [0.717, 1.165) is 29.4 Å². The molecule has 1 aliphatic rings. The first-order valence-corrected chi connectivity index (χ1v) is 6.11. The maximum absolute atomic E-state index is 10.6. The lowest BCUT2D eigenvalue weighted by molar-refractivity contribution is 0.0116. The zero-order valence-corrected chi connectivity index (χ0v) is 10.5. The summed E-state index contributed by atoms with van der Waals surface area (Å²) in [5.41, 5.74) is 1.49. The molecule has 1 atom stereocenters. The van der Waals surface area contributed by atoms with Gasteiger partial charge in [-0.25, -0.2) is 0 Å². The summed E-state index contributed by atoms with van der Waals surface area (Å²) in [5, 5.41) is 13.8. The van der Waals surface area contributed by atoms with Gasteiger partial charge >= 0.3 is 0 Å². The van der Waals surface area contributed by atoms with Crippen molar-refractivity contribution < 1.29 is 5.11 Å². The molecule has 1 fully saturated rings. The van der Waals surface area contributed by atoms with E-state index in [9.17, 15) is 5.11 Å². The molecule has 1 heterocycles. The number of halogens is 1. The van der Waals surface area contributed by atoms with E-state index in [-0.39, 0.29) is 0 Å². The summed E-state index contributed by atoms with van der Waals surface area (Å²) in [7, 11) is 0. The monoisotopic (exact) mass is 269 g/mol. The molecule has 0 spiro atoms. The van der Waals surface area contributed by atoms with Gasteiger partial charge in [-0.05, 0) is 37.9 Å². The Hall–Kier alpha value is -0.380. The Bertz CT molecular complexity index is 359. The van der Waals surface area contributed by atoms with Crippen molar-refractivity contribution in [3.8, 4) is 0 Å². The fourth-order valence-electron chi connectivity index (χ4n) is 2.12. The van der Waals surface area contributed by atoms with E-state index in [2.05, 4.69) is 34.2 Å². The highest BCUT2D eigenvalue weighted by Crippen LogP contribution is 2.33.